The zero-order valence-electron chi connectivity index (χ0n) is 18.4. The molecule has 7 nitrogen and oxygen atoms in total. The lowest BCUT2D eigenvalue weighted by Gasteiger charge is -2.20. The van der Waals surface area contributed by atoms with Crippen molar-refractivity contribution in [2.45, 2.75) is 23.8 Å². The molecule has 3 rings (SSSR count). The molecule has 178 valence electrons. The number of aliphatic hydroxyl groups excluding tert-OH is 3. The first-order valence-corrected chi connectivity index (χ1v) is 11.6. The number of hydrogen-bond donors (Lipinski definition) is 5. The van der Waals surface area contributed by atoms with Crippen molar-refractivity contribution in [3.05, 3.63) is 70.5 Å². The average molecular weight is 478 g/mol. The van der Waals surface area contributed by atoms with Crippen molar-refractivity contribution in [2.24, 2.45) is 5.73 Å². The summed E-state index contributed by atoms with van der Waals surface area (Å²) >= 11 is -1.04. The molecule has 0 heterocycles. The number of benzene rings is 2. The number of carbonyl (C=O) groups is 1. The van der Waals surface area contributed by atoms with Crippen LogP contribution in [-0.2, 0) is 16.0 Å². The molecule has 1 aliphatic carbocycles. The second-order valence-corrected chi connectivity index (χ2v) is 9.16. The predicted molar refractivity (Wildman–Crippen MR) is 126 cm³/mol. The minimum absolute atomic E-state index is 0.145. The zero-order valence-corrected chi connectivity index (χ0v) is 19.2. The van der Waals surface area contributed by atoms with E-state index < -0.39 is 42.5 Å². The number of aliphatic hydroxyl groups is 3. The molecule has 2 aromatic carbocycles. The molecule has 0 aromatic heterocycles. The van der Waals surface area contributed by atoms with Gasteiger partial charge in [-0.1, -0.05) is 6.07 Å². The Morgan fingerprint density at radius 2 is 1.67 bits per heavy atom. The SMILES string of the molecule is CC1=C(CC(=O)O)c2cc(F)ccc2/C1=C\c1ccc([S+](C)[O-])cc1.NC(CO)(CO)CO. The number of carboxylic acids is 1. The number of aliphatic carboxylic acids is 1. The van der Waals surface area contributed by atoms with Crippen LogP contribution in [0.3, 0.4) is 0 Å². The molecule has 0 saturated carbocycles. The number of allylic oxidation sites excluding steroid dienone is 2. The Hall–Kier alpha value is -2.53. The van der Waals surface area contributed by atoms with Gasteiger partial charge in [-0.15, -0.1) is 0 Å². The fourth-order valence-electron chi connectivity index (χ4n) is 3.20. The van der Waals surface area contributed by atoms with Crippen LogP contribution in [0.2, 0.25) is 0 Å². The number of carboxylic acid groups (broad SMARTS) is 1. The highest BCUT2D eigenvalue weighted by Crippen LogP contribution is 2.43. The fraction of sp³-hybridized carbons (Fsp3) is 0.292. The Labute approximate surface area is 194 Å². The number of fused-ring (bicyclic) bond motifs is 1. The Morgan fingerprint density at radius 1 is 1.09 bits per heavy atom. The van der Waals surface area contributed by atoms with Crippen molar-refractivity contribution in [3.8, 4) is 0 Å². The summed E-state index contributed by atoms with van der Waals surface area (Å²) in [5.41, 5.74) is 8.68. The first-order valence-electron chi connectivity index (χ1n) is 10.0. The van der Waals surface area contributed by atoms with Gasteiger partial charge in [0.15, 0.2) is 4.90 Å². The lowest BCUT2D eigenvalue weighted by Crippen LogP contribution is -2.50. The van der Waals surface area contributed by atoms with E-state index in [-0.39, 0.29) is 12.2 Å². The number of rotatable bonds is 7. The average Bonchev–Trinajstić information content (AvgIpc) is 3.04. The standard InChI is InChI=1S/C20H17FO3S.C4H11NO3/c1-12-17(9-13-3-6-15(7-4-13)25(2)24)16-8-5-14(21)10-19(16)18(12)11-20(22)23;5-4(1-6,2-7)3-8/h3-10H,11H2,1-2H3,(H,22,23);6-8H,1-3,5H2/b17-9-;. The molecule has 9 heteroatoms. The lowest BCUT2D eigenvalue weighted by atomic mass is 10.0. The van der Waals surface area contributed by atoms with Crippen molar-refractivity contribution in [3.63, 3.8) is 0 Å². The smallest absolute Gasteiger partial charge is 0.307 e. The third-order valence-electron chi connectivity index (χ3n) is 5.25. The van der Waals surface area contributed by atoms with Gasteiger partial charge in [0.1, 0.15) is 12.1 Å². The summed E-state index contributed by atoms with van der Waals surface area (Å²) in [6, 6.07) is 11.8. The molecule has 2 aromatic rings. The van der Waals surface area contributed by atoms with E-state index in [0.29, 0.717) is 11.1 Å². The molecule has 0 aliphatic heterocycles. The summed E-state index contributed by atoms with van der Waals surface area (Å²) in [7, 11) is 0. The van der Waals surface area contributed by atoms with Crippen molar-refractivity contribution >= 4 is 34.4 Å². The third-order valence-corrected chi connectivity index (χ3v) is 6.19. The predicted octanol–water partition coefficient (Wildman–Crippen LogP) is 2.03. The molecule has 33 heavy (non-hydrogen) atoms. The van der Waals surface area contributed by atoms with E-state index >= 15 is 0 Å². The highest BCUT2D eigenvalue weighted by atomic mass is 32.2. The maximum atomic E-state index is 13.7. The molecule has 1 unspecified atom stereocenters. The minimum Gasteiger partial charge on any atom is -0.612 e. The van der Waals surface area contributed by atoms with E-state index in [1.165, 1.54) is 12.1 Å². The normalized spacial score (nSPS) is 15.2. The van der Waals surface area contributed by atoms with Crippen molar-refractivity contribution in [1.29, 1.82) is 0 Å². The van der Waals surface area contributed by atoms with E-state index in [1.54, 1.807) is 24.5 Å². The largest absolute Gasteiger partial charge is 0.612 e. The van der Waals surface area contributed by atoms with Gasteiger partial charge in [0.05, 0.1) is 31.8 Å². The summed E-state index contributed by atoms with van der Waals surface area (Å²) in [5.74, 6) is -1.33. The van der Waals surface area contributed by atoms with Crippen LogP contribution in [-0.4, -0.2) is 62.6 Å². The molecule has 0 bridgehead atoms. The van der Waals surface area contributed by atoms with Gasteiger partial charge in [0.2, 0.25) is 0 Å². The Bertz CT molecular complexity index is 1040. The van der Waals surface area contributed by atoms with E-state index in [9.17, 15) is 13.7 Å². The van der Waals surface area contributed by atoms with Gasteiger partial charge in [-0.2, -0.15) is 0 Å². The Balaban J connectivity index is 0.000000414. The second kappa shape index (κ2) is 11.6. The monoisotopic (exact) mass is 477 g/mol. The lowest BCUT2D eigenvalue weighted by molar-refractivity contribution is -0.135. The molecule has 6 N–H and O–H groups in total. The van der Waals surface area contributed by atoms with Crippen molar-refractivity contribution in [2.75, 3.05) is 26.1 Å². The highest BCUT2D eigenvalue weighted by molar-refractivity contribution is 7.90. The molecule has 0 spiro atoms. The fourth-order valence-corrected chi connectivity index (χ4v) is 3.72. The van der Waals surface area contributed by atoms with E-state index in [4.69, 9.17) is 26.2 Å². The summed E-state index contributed by atoms with van der Waals surface area (Å²) in [4.78, 5) is 11.9. The van der Waals surface area contributed by atoms with Crippen LogP contribution in [0, 0.1) is 5.82 Å². The van der Waals surface area contributed by atoms with Gasteiger partial charge in [0, 0.05) is 0 Å². The Morgan fingerprint density at radius 3 is 2.12 bits per heavy atom. The highest BCUT2D eigenvalue weighted by Gasteiger charge is 2.25. The first kappa shape index (κ1) is 26.7. The molecular formula is C24H28FNO6S. The molecule has 0 amide bonds. The quantitative estimate of drug-likeness (QED) is 0.383. The van der Waals surface area contributed by atoms with Gasteiger partial charge in [-0.3, -0.25) is 4.79 Å². The Kier molecular flexibility index (Phi) is 9.35. The van der Waals surface area contributed by atoms with Crippen LogP contribution in [0.4, 0.5) is 4.39 Å². The van der Waals surface area contributed by atoms with Crippen molar-refractivity contribution < 1.29 is 34.2 Å². The summed E-state index contributed by atoms with van der Waals surface area (Å²) in [6.45, 7) is 0.650. The van der Waals surface area contributed by atoms with Crippen LogP contribution < -0.4 is 5.73 Å². The number of halogens is 1. The number of hydrogen-bond acceptors (Lipinski definition) is 6. The van der Waals surface area contributed by atoms with Crippen LogP contribution in [0.25, 0.3) is 17.2 Å². The third kappa shape index (κ3) is 6.73. The molecule has 0 saturated heterocycles. The van der Waals surface area contributed by atoms with Crippen molar-refractivity contribution in [1.82, 2.24) is 0 Å². The molecule has 0 fully saturated rings. The van der Waals surface area contributed by atoms with Crippen LogP contribution in [0.1, 0.15) is 30.0 Å². The van der Waals surface area contributed by atoms with Crippen LogP contribution in [0.15, 0.2) is 52.9 Å². The van der Waals surface area contributed by atoms with Crippen LogP contribution in [0.5, 0.6) is 0 Å². The van der Waals surface area contributed by atoms with Gasteiger partial charge in [0.25, 0.3) is 0 Å². The van der Waals surface area contributed by atoms with Crippen LogP contribution >= 0.6 is 0 Å². The molecule has 0 radical (unpaired) electrons. The van der Waals surface area contributed by atoms with Gasteiger partial charge in [-0.05, 0) is 94.0 Å². The van der Waals surface area contributed by atoms with E-state index in [0.717, 1.165) is 27.2 Å². The minimum atomic E-state index is -1.21. The maximum absolute atomic E-state index is 13.7. The first-order chi connectivity index (χ1) is 15.5. The molecular weight excluding hydrogens is 449 g/mol. The van der Waals surface area contributed by atoms with E-state index in [1.807, 2.05) is 25.1 Å². The van der Waals surface area contributed by atoms with Gasteiger partial charge < -0.3 is 30.7 Å². The summed E-state index contributed by atoms with van der Waals surface area (Å²) in [6.07, 6.45) is 3.43. The topological polar surface area (TPSA) is 147 Å². The van der Waals surface area contributed by atoms with Gasteiger partial charge in [-0.25, -0.2) is 4.39 Å². The molecule has 1 aliphatic rings. The van der Waals surface area contributed by atoms with E-state index in [2.05, 4.69) is 0 Å². The number of nitrogens with two attached hydrogens (primary N) is 1. The summed E-state index contributed by atoms with van der Waals surface area (Å²) < 4.78 is 25.1. The zero-order chi connectivity index (χ0) is 24.8. The summed E-state index contributed by atoms with van der Waals surface area (Å²) in [5, 5.41) is 34.2. The van der Waals surface area contributed by atoms with Gasteiger partial charge >= 0.3 is 5.97 Å². The maximum Gasteiger partial charge on any atom is 0.307 e. The second-order valence-electron chi connectivity index (χ2n) is 7.78. The molecule has 1 atom stereocenters.